The summed E-state index contributed by atoms with van der Waals surface area (Å²) < 4.78 is 9.68. The van der Waals surface area contributed by atoms with Crippen molar-refractivity contribution in [2.45, 2.75) is 78.1 Å². The average molecular weight is 335 g/mol. The van der Waals surface area contributed by atoms with Gasteiger partial charge >= 0.3 is 11.9 Å². The van der Waals surface area contributed by atoms with Gasteiger partial charge in [0.15, 0.2) is 0 Å². The molecule has 0 aromatic heterocycles. The number of esters is 2. The van der Waals surface area contributed by atoms with Gasteiger partial charge < -0.3 is 9.47 Å². The van der Waals surface area contributed by atoms with E-state index in [1.807, 2.05) is 0 Å². The summed E-state index contributed by atoms with van der Waals surface area (Å²) in [5.41, 5.74) is 0. The van der Waals surface area contributed by atoms with Crippen LogP contribution in [0.4, 0.5) is 0 Å². The molecule has 0 atom stereocenters. The van der Waals surface area contributed by atoms with Crippen LogP contribution >= 0.6 is 0 Å². The van der Waals surface area contributed by atoms with E-state index in [1.165, 1.54) is 51.4 Å². The molecule has 0 aromatic rings. The Morgan fingerprint density at radius 2 is 1.13 bits per heavy atom. The molecule has 4 nitrogen and oxygen atoms in total. The van der Waals surface area contributed by atoms with Gasteiger partial charge in [-0.1, -0.05) is 64.7 Å². The van der Waals surface area contributed by atoms with Crippen molar-refractivity contribution in [2.24, 2.45) is 0 Å². The van der Waals surface area contributed by atoms with Crippen LogP contribution in [-0.2, 0) is 19.1 Å². The van der Waals surface area contributed by atoms with E-state index in [9.17, 15) is 9.59 Å². The molecule has 0 amide bonds. The zero-order chi connectivity index (χ0) is 16.5. The Bertz CT molecular complexity index is 316. The van der Waals surface area contributed by atoms with E-state index in [0.29, 0.717) is 13.2 Å². The summed E-state index contributed by atoms with van der Waals surface area (Å²) in [7, 11) is 0. The Kier molecular flexibility index (Phi) is 21.4. The van der Waals surface area contributed by atoms with Crippen molar-refractivity contribution < 1.29 is 19.1 Å². The molecule has 0 N–H and O–H groups in total. The first-order chi connectivity index (χ1) is 10.7. The van der Waals surface area contributed by atoms with Crippen LogP contribution in [0.3, 0.4) is 0 Å². The molecule has 0 fully saturated rings. The molecule has 5 heteroatoms. The topological polar surface area (TPSA) is 52.6 Å². The van der Waals surface area contributed by atoms with E-state index in [2.05, 4.69) is 11.7 Å². The van der Waals surface area contributed by atoms with E-state index < -0.39 is 11.9 Å². The van der Waals surface area contributed by atoms with Crippen LogP contribution < -0.4 is 0 Å². The molecule has 129 valence electrons. The van der Waals surface area contributed by atoms with Crippen molar-refractivity contribution in [3.05, 3.63) is 12.2 Å². The van der Waals surface area contributed by atoms with Crippen molar-refractivity contribution in [2.75, 3.05) is 13.2 Å². The average Bonchev–Trinajstić information content (AvgIpc) is 2.51. The van der Waals surface area contributed by atoms with Gasteiger partial charge in [0.1, 0.15) is 0 Å². The summed E-state index contributed by atoms with van der Waals surface area (Å²) in [4.78, 5) is 22.3. The van der Waals surface area contributed by atoms with E-state index in [1.54, 1.807) is 6.92 Å². The predicted octanol–water partition coefficient (Wildman–Crippen LogP) is 4.19. The smallest absolute Gasteiger partial charge is 0.331 e. The summed E-state index contributed by atoms with van der Waals surface area (Å²) in [6, 6.07) is 0. The van der Waals surface area contributed by atoms with Crippen molar-refractivity contribution in [3.8, 4) is 0 Å². The third kappa shape index (κ3) is 19.6. The molecule has 0 spiro atoms. The molecule has 0 saturated heterocycles. The van der Waals surface area contributed by atoms with Crippen LogP contribution in [0, 0.1) is 0 Å². The SMILES string of the molecule is CCCCCCCCCCCCOC(=O)/C=C\C(=O)OCC.[Na]. The number of hydrogen-bond acceptors (Lipinski definition) is 4. The number of unbranched alkanes of at least 4 members (excludes halogenated alkanes) is 9. The number of carbonyl (C=O) groups is 2. The minimum Gasteiger partial charge on any atom is -0.463 e. The fraction of sp³-hybridized carbons (Fsp3) is 0.778. The summed E-state index contributed by atoms with van der Waals surface area (Å²) in [5, 5.41) is 0. The Morgan fingerprint density at radius 1 is 0.696 bits per heavy atom. The zero-order valence-corrected chi connectivity index (χ0v) is 17.3. The second-order valence-electron chi connectivity index (χ2n) is 5.43. The molecule has 0 aromatic carbocycles. The third-order valence-electron chi connectivity index (χ3n) is 3.38. The number of hydrogen-bond donors (Lipinski definition) is 0. The van der Waals surface area contributed by atoms with E-state index in [0.717, 1.165) is 25.0 Å². The Morgan fingerprint density at radius 3 is 1.61 bits per heavy atom. The maximum Gasteiger partial charge on any atom is 0.331 e. The van der Waals surface area contributed by atoms with Crippen LogP contribution in [-0.4, -0.2) is 54.7 Å². The Labute approximate surface area is 163 Å². The predicted molar refractivity (Wildman–Crippen MR) is 94.3 cm³/mol. The van der Waals surface area contributed by atoms with Crippen LogP contribution in [0.25, 0.3) is 0 Å². The second-order valence-corrected chi connectivity index (χ2v) is 5.43. The van der Waals surface area contributed by atoms with Gasteiger partial charge in [-0.2, -0.15) is 0 Å². The van der Waals surface area contributed by atoms with Gasteiger partial charge in [0.25, 0.3) is 0 Å². The molecule has 0 aliphatic carbocycles. The minimum absolute atomic E-state index is 0. The maximum atomic E-state index is 11.3. The van der Waals surface area contributed by atoms with Gasteiger partial charge in [-0.3, -0.25) is 0 Å². The van der Waals surface area contributed by atoms with Gasteiger partial charge in [-0.15, -0.1) is 0 Å². The molecule has 23 heavy (non-hydrogen) atoms. The van der Waals surface area contributed by atoms with Gasteiger partial charge in [0.05, 0.1) is 13.2 Å². The molecule has 0 aliphatic heterocycles. The van der Waals surface area contributed by atoms with Crippen LogP contribution in [0.5, 0.6) is 0 Å². The molecular weight excluding hydrogens is 303 g/mol. The van der Waals surface area contributed by atoms with Crippen molar-refractivity contribution in [1.29, 1.82) is 0 Å². The van der Waals surface area contributed by atoms with Crippen LogP contribution in [0.2, 0.25) is 0 Å². The van der Waals surface area contributed by atoms with Crippen LogP contribution in [0.1, 0.15) is 78.1 Å². The summed E-state index contributed by atoms with van der Waals surface area (Å²) in [6.07, 6.45) is 14.7. The van der Waals surface area contributed by atoms with Gasteiger partial charge in [0.2, 0.25) is 0 Å². The fourth-order valence-corrected chi connectivity index (χ4v) is 2.14. The molecule has 0 bridgehead atoms. The summed E-state index contributed by atoms with van der Waals surface area (Å²) in [5.74, 6) is -0.998. The fourth-order valence-electron chi connectivity index (χ4n) is 2.14. The molecule has 0 unspecified atom stereocenters. The van der Waals surface area contributed by atoms with Crippen LogP contribution in [0.15, 0.2) is 12.2 Å². The maximum absolute atomic E-state index is 11.3. The molecule has 1 radical (unpaired) electrons. The monoisotopic (exact) mass is 335 g/mol. The number of carbonyl (C=O) groups excluding carboxylic acids is 2. The normalized spacial score (nSPS) is 10.3. The molecule has 0 aliphatic rings. The van der Waals surface area contributed by atoms with Gasteiger partial charge in [-0.05, 0) is 13.3 Å². The first-order valence-electron chi connectivity index (χ1n) is 8.72. The Balaban J connectivity index is 0. The zero-order valence-electron chi connectivity index (χ0n) is 15.3. The van der Waals surface area contributed by atoms with Crippen molar-refractivity contribution >= 4 is 41.5 Å². The Hall–Kier alpha value is -0.320. The third-order valence-corrected chi connectivity index (χ3v) is 3.38. The largest absolute Gasteiger partial charge is 0.463 e. The molecule has 0 saturated carbocycles. The minimum atomic E-state index is -0.515. The van der Waals surface area contributed by atoms with Gasteiger partial charge in [-0.25, -0.2) is 9.59 Å². The molecule has 0 rings (SSSR count). The first-order valence-corrected chi connectivity index (χ1v) is 8.72. The number of rotatable bonds is 14. The van der Waals surface area contributed by atoms with E-state index in [4.69, 9.17) is 4.74 Å². The van der Waals surface area contributed by atoms with Gasteiger partial charge in [0, 0.05) is 41.7 Å². The standard InChI is InChI=1S/C18H32O4.Na/c1-3-5-6-7-8-9-10-11-12-13-16-22-18(20)15-14-17(19)21-4-2;/h14-15H,3-13,16H2,1-2H3;/b15-14-;. The molecular formula is C18H32NaO4. The van der Waals surface area contributed by atoms with Crippen molar-refractivity contribution in [1.82, 2.24) is 0 Å². The van der Waals surface area contributed by atoms with E-state index >= 15 is 0 Å². The molecule has 0 heterocycles. The quantitative estimate of drug-likeness (QED) is 0.207. The second kappa shape index (κ2) is 19.7. The summed E-state index contributed by atoms with van der Waals surface area (Å²) >= 11 is 0. The van der Waals surface area contributed by atoms with Crippen molar-refractivity contribution in [3.63, 3.8) is 0 Å². The first kappa shape index (κ1) is 24.9. The number of ether oxygens (including phenoxy) is 2. The van der Waals surface area contributed by atoms with E-state index in [-0.39, 0.29) is 29.6 Å². The summed E-state index contributed by atoms with van der Waals surface area (Å²) in [6.45, 7) is 4.67.